The molecular formula is C13H13N3O. The standard InChI is InChI=1S/C13H13N3O/c14-11-7-16(8-11)13(17)10-3-4-12-9(6-10)2-1-5-15-12/h1-6,11H,7-8,14H2. The Balaban J connectivity index is 1.92. The van der Waals surface area contributed by atoms with Crippen LogP contribution in [0.15, 0.2) is 36.5 Å². The number of amides is 1. The Morgan fingerprint density at radius 3 is 2.94 bits per heavy atom. The highest BCUT2D eigenvalue weighted by molar-refractivity contribution is 5.98. The molecule has 1 amide bonds. The molecule has 0 atom stereocenters. The average molecular weight is 227 g/mol. The maximum absolute atomic E-state index is 12.1. The van der Waals surface area contributed by atoms with E-state index in [4.69, 9.17) is 5.73 Å². The van der Waals surface area contributed by atoms with Gasteiger partial charge in [-0.25, -0.2) is 0 Å². The smallest absolute Gasteiger partial charge is 0.253 e. The number of nitrogens with zero attached hydrogens (tertiary/aromatic N) is 2. The number of carbonyl (C=O) groups excluding carboxylic acids is 1. The van der Waals surface area contributed by atoms with E-state index in [1.807, 2.05) is 30.3 Å². The minimum absolute atomic E-state index is 0.0532. The maximum atomic E-state index is 12.1. The van der Waals surface area contributed by atoms with Crippen LogP contribution >= 0.6 is 0 Å². The van der Waals surface area contributed by atoms with Crippen LogP contribution in [0.4, 0.5) is 0 Å². The molecule has 1 aliphatic rings. The third-order valence-electron chi connectivity index (χ3n) is 3.05. The van der Waals surface area contributed by atoms with Gasteiger partial charge in [0, 0.05) is 36.3 Å². The summed E-state index contributed by atoms with van der Waals surface area (Å²) in [7, 11) is 0. The second-order valence-electron chi connectivity index (χ2n) is 4.38. The molecule has 0 saturated carbocycles. The van der Waals surface area contributed by atoms with E-state index < -0.39 is 0 Å². The molecule has 1 saturated heterocycles. The van der Waals surface area contributed by atoms with Gasteiger partial charge in [-0.3, -0.25) is 9.78 Å². The van der Waals surface area contributed by atoms with Crippen molar-refractivity contribution < 1.29 is 4.79 Å². The molecule has 3 rings (SSSR count). The molecule has 4 nitrogen and oxygen atoms in total. The van der Waals surface area contributed by atoms with Gasteiger partial charge in [0.2, 0.25) is 0 Å². The molecule has 1 aromatic heterocycles. The predicted molar refractivity (Wildman–Crippen MR) is 65.6 cm³/mol. The van der Waals surface area contributed by atoms with Crippen LogP contribution in [0.25, 0.3) is 10.9 Å². The van der Waals surface area contributed by atoms with Gasteiger partial charge in [0.15, 0.2) is 0 Å². The SMILES string of the molecule is NC1CN(C(=O)c2ccc3ncccc3c2)C1. The predicted octanol–water partition coefficient (Wildman–Crippen LogP) is 1.02. The first-order chi connectivity index (χ1) is 8.24. The number of aromatic nitrogens is 1. The summed E-state index contributed by atoms with van der Waals surface area (Å²) in [5.41, 5.74) is 7.28. The van der Waals surface area contributed by atoms with Crippen molar-refractivity contribution in [2.75, 3.05) is 13.1 Å². The summed E-state index contributed by atoms with van der Waals surface area (Å²) in [5, 5.41) is 0.989. The fraction of sp³-hybridized carbons (Fsp3) is 0.231. The van der Waals surface area contributed by atoms with Gasteiger partial charge < -0.3 is 10.6 Å². The van der Waals surface area contributed by atoms with Crippen molar-refractivity contribution in [3.63, 3.8) is 0 Å². The van der Waals surface area contributed by atoms with Crippen molar-refractivity contribution in [1.82, 2.24) is 9.88 Å². The number of benzene rings is 1. The van der Waals surface area contributed by atoms with Crippen LogP contribution in [0.3, 0.4) is 0 Å². The molecular weight excluding hydrogens is 214 g/mol. The van der Waals surface area contributed by atoms with Crippen LogP contribution < -0.4 is 5.73 Å². The number of carbonyl (C=O) groups is 1. The van der Waals surface area contributed by atoms with E-state index in [1.54, 1.807) is 11.1 Å². The quantitative estimate of drug-likeness (QED) is 0.791. The molecule has 1 aromatic carbocycles. The second-order valence-corrected chi connectivity index (χ2v) is 4.38. The van der Waals surface area contributed by atoms with Crippen LogP contribution in [0.5, 0.6) is 0 Å². The van der Waals surface area contributed by atoms with E-state index >= 15 is 0 Å². The van der Waals surface area contributed by atoms with E-state index in [9.17, 15) is 4.79 Å². The molecule has 2 aromatic rings. The minimum Gasteiger partial charge on any atom is -0.335 e. The van der Waals surface area contributed by atoms with Crippen molar-refractivity contribution >= 4 is 16.8 Å². The fourth-order valence-electron chi connectivity index (χ4n) is 2.07. The summed E-state index contributed by atoms with van der Waals surface area (Å²) in [5.74, 6) is 0.0532. The van der Waals surface area contributed by atoms with Gasteiger partial charge >= 0.3 is 0 Å². The monoisotopic (exact) mass is 227 g/mol. The van der Waals surface area contributed by atoms with E-state index in [1.165, 1.54) is 0 Å². The lowest BCUT2D eigenvalue weighted by atomic mass is 10.1. The summed E-state index contributed by atoms with van der Waals surface area (Å²) in [4.78, 5) is 18.1. The number of likely N-dealkylation sites (tertiary alicyclic amines) is 1. The number of nitrogens with two attached hydrogens (primary N) is 1. The normalized spacial score (nSPS) is 15.9. The Hall–Kier alpha value is -1.94. The molecule has 0 unspecified atom stereocenters. The molecule has 2 N–H and O–H groups in total. The van der Waals surface area contributed by atoms with Crippen LogP contribution in [-0.2, 0) is 0 Å². The highest BCUT2D eigenvalue weighted by Crippen LogP contribution is 2.17. The van der Waals surface area contributed by atoms with Crippen molar-refractivity contribution in [3.05, 3.63) is 42.1 Å². The van der Waals surface area contributed by atoms with Crippen LogP contribution in [0, 0.1) is 0 Å². The minimum atomic E-state index is 0.0532. The van der Waals surface area contributed by atoms with Gasteiger partial charge in [0.25, 0.3) is 5.91 Å². The van der Waals surface area contributed by atoms with Crippen LogP contribution in [0.2, 0.25) is 0 Å². The van der Waals surface area contributed by atoms with Crippen LogP contribution in [0.1, 0.15) is 10.4 Å². The Bertz CT molecular complexity index is 576. The average Bonchev–Trinajstić information content (AvgIpc) is 2.33. The van der Waals surface area contributed by atoms with Gasteiger partial charge in [-0.15, -0.1) is 0 Å². The lowest BCUT2D eigenvalue weighted by Crippen LogP contribution is -2.57. The van der Waals surface area contributed by atoms with Gasteiger partial charge in [0.05, 0.1) is 5.52 Å². The zero-order chi connectivity index (χ0) is 11.8. The molecule has 4 heteroatoms. The summed E-state index contributed by atoms with van der Waals surface area (Å²) in [6, 6.07) is 9.55. The first-order valence-electron chi connectivity index (χ1n) is 5.64. The molecule has 0 radical (unpaired) electrons. The molecule has 0 bridgehead atoms. The third kappa shape index (κ3) is 1.76. The van der Waals surface area contributed by atoms with Gasteiger partial charge in [-0.2, -0.15) is 0 Å². The Morgan fingerprint density at radius 2 is 2.18 bits per heavy atom. The number of hydrogen-bond acceptors (Lipinski definition) is 3. The molecule has 1 aliphatic heterocycles. The Morgan fingerprint density at radius 1 is 1.35 bits per heavy atom. The summed E-state index contributed by atoms with van der Waals surface area (Å²) >= 11 is 0. The summed E-state index contributed by atoms with van der Waals surface area (Å²) in [6.45, 7) is 1.31. The fourth-order valence-corrected chi connectivity index (χ4v) is 2.07. The molecule has 17 heavy (non-hydrogen) atoms. The van der Waals surface area contributed by atoms with Crippen molar-refractivity contribution in [2.45, 2.75) is 6.04 Å². The van der Waals surface area contributed by atoms with Crippen LogP contribution in [-0.4, -0.2) is 34.9 Å². The van der Waals surface area contributed by atoms with Crippen molar-refractivity contribution in [2.24, 2.45) is 5.73 Å². The highest BCUT2D eigenvalue weighted by Gasteiger charge is 2.28. The zero-order valence-electron chi connectivity index (χ0n) is 9.34. The van der Waals surface area contributed by atoms with Gasteiger partial charge in [-0.1, -0.05) is 6.07 Å². The number of fused-ring (bicyclic) bond motifs is 1. The number of rotatable bonds is 1. The van der Waals surface area contributed by atoms with E-state index in [-0.39, 0.29) is 11.9 Å². The van der Waals surface area contributed by atoms with E-state index in [0.29, 0.717) is 18.7 Å². The number of pyridine rings is 1. The lowest BCUT2D eigenvalue weighted by Gasteiger charge is -2.36. The first-order valence-corrected chi connectivity index (χ1v) is 5.64. The molecule has 0 aliphatic carbocycles. The van der Waals surface area contributed by atoms with Gasteiger partial charge in [-0.05, 0) is 24.3 Å². The summed E-state index contributed by atoms with van der Waals surface area (Å²) in [6.07, 6.45) is 1.75. The molecule has 2 heterocycles. The zero-order valence-corrected chi connectivity index (χ0v) is 9.34. The molecule has 1 fully saturated rings. The topological polar surface area (TPSA) is 59.2 Å². The second kappa shape index (κ2) is 3.82. The van der Waals surface area contributed by atoms with Crippen molar-refractivity contribution in [3.8, 4) is 0 Å². The Kier molecular flexibility index (Phi) is 2.30. The van der Waals surface area contributed by atoms with Gasteiger partial charge in [0.1, 0.15) is 0 Å². The maximum Gasteiger partial charge on any atom is 0.253 e. The van der Waals surface area contributed by atoms with E-state index in [2.05, 4.69) is 4.98 Å². The first kappa shape index (κ1) is 10.2. The summed E-state index contributed by atoms with van der Waals surface area (Å²) < 4.78 is 0. The molecule has 86 valence electrons. The third-order valence-corrected chi connectivity index (χ3v) is 3.05. The van der Waals surface area contributed by atoms with E-state index in [0.717, 1.165) is 10.9 Å². The molecule has 0 spiro atoms. The number of hydrogen-bond donors (Lipinski definition) is 1. The Labute approximate surface area is 99.0 Å². The van der Waals surface area contributed by atoms with Crippen molar-refractivity contribution in [1.29, 1.82) is 0 Å². The lowest BCUT2D eigenvalue weighted by molar-refractivity contribution is 0.0608. The largest absolute Gasteiger partial charge is 0.335 e. The highest BCUT2D eigenvalue weighted by atomic mass is 16.2.